The van der Waals surface area contributed by atoms with Gasteiger partial charge in [0, 0.05) is 11.1 Å². The van der Waals surface area contributed by atoms with E-state index in [-0.39, 0.29) is 17.5 Å². The standard InChI is InChI=1S/C13H17NO3S/c1-3-18(15,16)9-11(14-2)13-8-10-6-4-5-7-12(10)17-13/h4-8,11,14H,3,9H2,1-2H3. The third-order valence-corrected chi connectivity index (χ3v) is 4.72. The fourth-order valence-electron chi connectivity index (χ4n) is 1.85. The van der Waals surface area contributed by atoms with Crippen molar-refractivity contribution in [3.05, 3.63) is 36.1 Å². The summed E-state index contributed by atoms with van der Waals surface area (Å²) in [7, 11) is -1.30. The fraction of sp³-hybridized carbons (Fsp3) is 0.385. The van der Waals surface area contributed by atoms with E-state index < -0.39 is 9.84 Å². The minimum atomic E-state index is -3.04. The van der Waals surface area contributed by atoms with E-state index in [9.17, 15) is 8.42 Å². The zero-order valence-corrected chi connectivity index (χ0v) is 11.3. The van der Waals surface area contributed by atoms with E-state index in [1.165, 1.54) is 0 Å². The summed E-state index contributed by atoms with van der Waals surface area (Å²) in [4.78, 5) is 0. The molecule has 1 N–H and O–H groups in total. The highest BCUT2D eigenvalue weighted by atomic mass is 32.2. The Labute approximate surface area is 107 Å². The maximum absolute atomic E-state index is 11.7. The van der Waals surface area contributed by atoms with Crippen molar-refractivity contribution in [3.63, 3.8) is 0 Å². The summed E-state index contributed by atoms with van der Waals surface area (Å²) in [5, 5.41) is 3.98. The smallest absolute Gasteiger partial charge is 0.152 e. The summed E-state index contributed by atoms with van der Waals surface area (Å²) in [6.07, 6.45) is 0. The predicted octanol–water partition coefficient (Wildman–Crippen LogP) is 2.13. The topological polar surface area (TPSA) is 59.3 Å². The molecule has 1 unspecified atom stereocenters. The zero-order chi connectivity index (χ0) is 13.2. The van der Waals surface area contributed by atoms with Crippen LogP contribution in [0, 0.1) is 0 Å². The Balaban J connectivity index is 2.32. The maximum Gasteiger partial charge on any atom is 0.152 e. The Bertz CT molecular complexity index is 597. The molecule has 1 atom stereocenters. The Hall–Kier alpha value is -1.33. The van der Waals surface area contributed by atoms with Crippen LogP contribution >= 0.6 is 0 Å². The van der Waals surface area contributed by atoms with Crippen molar-refractivity contribution in [2.45, 2.75) is 13.0 Å². The van der Waals surface area contributed by atoms with Crippen molar-refractivity contribution < 1.29 is 12.8 Å². The molecule has 0 bridgehead atoms. The lowest BCUT2D eigenvalue weighted by atomic mass is 10.2. The highest BCUT2D eigenvalue weighted by Gasteiger charge is 2.21. The molecule has 4 nitrogen and oxygen atoms in total. The molecule has 0 aliphatic carbocycles. The number of nitrogens with one attached hydrogen (secondary N) is 1. The van der Waals surface area contributed by atoms with Crippen LogP contribution in [0.15, 0.2) is 34.7 Å². The Morgan fingerprint density at radius 1 is 1.33 bits per heavy atom. The first-order chi connectivity index (χ1) is 8.55. The number of furan rings is 1. The van der Waals surface area contributed by atoms with E-state index in [1.807, 2.05) is 30.3 Å². The van der Waals surface area contributed by atoms with Crippen molar-refractivity contribution in [1.82, 2.24) is 5.32 Å². The first kappa shape index (κ1) is 13.1. The van der Waals surface area contributed by atoms with Gasteiger partial charge >= 0.3 is 0 Å². The SMILES string of the molecule is CCS(=O)(=O)CC(NC)c1cc2ccccc2o1. The molecule has 18 heavy (non-hydrogen) atoms. The molecule has 0 saturated carbocycles. The molecule has 0 radical (unpaired) electrons. The molecule has 2 rings (SSSR count). The van der Waals surface area contributed by atoms with E-state index in [0.717, 1.165) is 11.0 Å². The Morgan fingerprint density at radius 2 is 2.06 bits per heavy atom. The number of para-hydroxylation sites is 1. The Morgan fingerprint density at radius 3 is 2.67 bits per heavy atom. The summed E-state index contributed by atoms with van der Waals surface area (Å²) in [6.45, 7) is 1.65. The molecular weight excluding hydrogens is 250 g/mol. The molecular formula is C13H17NO3S. The van der Waals surface area contributed by atoms with Gasteiger partial charge < -0.3 is 9.73 Å². The molecule has 0 aliphatic rings. The molecule has 0 amide bonds. The van der Waals surface area contributed by atoms with E-state index >= 15 is 0 Å². The number of rotatable bonds is 5. The van der Waals surface area contributed by atoms with Gasteiger partial charge in [-0.2, -0.15) is 0 Å². The molecule has 5 heteroatoms. The highest BCUT2D eigenvalue weighted by Crippen LogP contribution is 2.24. The number of sulfone groups is 1. The number of fused-ring (bicyclic) bond motifs is 1. The maximum atomic E-state index is 11.7. The molecule has 1 aromatic carbocycles. The van der Waals surface area contributed by atoms with E-state index in [4.69, 9.17) is 4.42 Å². The summed E-state index contributed by atoms with van der Waals surface area (Å²) in [5.74, 6) is 0.862. The van der Waals surface area contributed by atoms with Crippen LogP contribution in [-0.2, 0) is 9.84 Å². The van der Waals surface area contributed by atoms with Crippen LogP contribution in [0.4, 0.5) is 0 Å². The van der Waals surface area contributed by atoms with Crippen LogP contribution in [0.2, 0.25) is 0 Å². The first-order valence-corrected chi connectivity index (χ1v) is 7.74. The van der Waals surface area contributed by atoms with Crippen molar-refractivity contribution in [2.75, 3.05) is 18.6 Å². The van der Waals surface area contributed by atoms with Gasteiger partial charge in [-0.15, -0.1) is 0 Å². The molecule has 1 aromatic heterocycles. The minimum absolute atomic E-state index is 0.0554. The molecule has 0 fully saturated rings. The second kappa shape index (κ2) is 5.12. The van der Waals surface area contributed by atoms with E-state index in [2.05, 4.69) is 5.32 Å². The molecule has 0 saturated heterocycles. The minimum Gasteiger partial charge on any atom is -0.459 e. The number of benzene rings is 1. The van der Waals surface area contributed by atoms with Crippen LogP contribution in [0.25, 0.3) is 11.0 Å². The lowest BCUT2D eigenvalue weighted by Gasteiger charge is -2.12. The summed E-state index contributed by atoms with van der Waals surface area (Å²) >= 11 is 0. The monoisotopic (exact) mass is 267 g/mol. The second-order valence-corrected chi connectivity index (χ2v) is 6.62. The zero-order valence-electron chi connectivity index (χ0n) is 10.5. The van der Waals surface area contributed by atoms with Crippen molar-refractivity contribution in [2.24, 2.45) is 0 Å². The summed E-state index contributed by atoms with van der Waals surface area (Å²) in [5.41, 5.74) is 0.779. The highest BCUT2D eigenvalue weighted by molar-refractivity contribution is 7.91. The van der Waals surface area contributed by atoms with Gasteiger partial charge in [-0.05, 0) is 19.2 Å². The number of hydrogen-bond donors (Lipinski definition) is 1. The van der Waals surface area contributed by atoms with E-state index in [0.29, 0.717) is 5.76 Å². The van der Waals surface area contributed by atoms with Gasteiger partial charge in [0.05, 0.1) is 11.8 Å². The van der Waals surface area contributed by atoms with E-state index in [1.54, 1.807) is 14.0 Å². The van der Waals surface area contributed by atoms with Gasteiger partial charge in [0.15, 0.2) is 9.84 Å². The normalized spacial score (nSPS) is 13.9. The van der Waals surface area contributed by atoms with Crippen LogP contribution in [0.5, 0.6) is 0 Å². The predicted molar refractivity (Wildman–Crippen MR) is 72.3 cm³/mol. The average molecular weight is 267 g/mol. The van der Waals surface area contributed by atoms with Gasteiger partial charge in [-0.25, -0.2) is 8.42 Å². The fourth-order valence-corrected chi connectivity index (χ4v) is 2.93. The third-order valence-electron chi connectivity index (χ3n) is 3.00. The van der Waals surface area contributed by atoms with Crippen LogP contribution < -0.4 is 5.32 Å². The van der Waals surface area contributed by atoms with Crippen molar-refractivity contribution in [3.8, 4) is 0 Å². The molecule has 1 heterocycles. The molecule has 98 valence electrons. The average Bonchev–Trinajstić information content (AvgIpc) is 2.79. The second-order valence-electron chi connectivity index (χ2n) is 4.23. The van der Waals surface area contributed by atoms with Gasteiger partial charge in [-0.3, -0.25) is 0 Å². The quantitative estimate of drug-likeness (QED) is 0.901. The van der Waals surface area contributed by atoms with Gasteiger partial charge in [0.25, 0.3) is 0 Å². The van der Waals surface area contributed by atoms with Crippen molar-refractivity contribution in [1.29, 1.82) is 0 Å². The molecule has 2 aromatic rings. The van der Waals surface area contributed by atoms with Crippen molar-refractivity contribution >= 4 is 20.8 Å². The molecule has 0 spiro atoms. The number of hydrogen-bond acceptors (Lipinski definition) is 4. The van der Waals surface area contributed by atoms with Crippen LogP contribution in [0.3, 0.4) is 0 Å². The largest absolute Gasteiger partial charge is 0.459 e. The Kier molecular flexibility index (Phi) is 3.73. The third kappa shape index (κ3) is 2.73. The summed E-state index contributed by atoms with van der Waals surface area (Å²) in [6, 6.07) is 9.23. The van der Waals surface area contributed by atoms with Gasteiger partial charge in [0.2, 0.25) is 0 Å². The lowest BCUT2D eigenvalue weighted by molar-refractivity contribution is 0.471. The van der Waals surface area contributed by atoms with Gasteiger partial charge in [0.1, 0.15) is 11.3 Å². The lowest BCUT2D eigenvalue weighted by Crippen LogP contribution is -2.25. The van der Waals surface area contributed by atoms with Crippen LogP contribution in [-0.4, -0.2) is 27.0 Å². The van der Waals surface area contributed by atoms with Gasteiger partial charge in [-0.1, -0.05) is 25.1 Å². The van der Waals surface area contributed by atoms with Crippen LogP contribution in [0.1, 0.15) is 18.7 Å². The first-order valence-electron chi connectivity index (χ1n) is 5.92. The summed E-state index contributed by atoms with van der Waals surface area (Å²) < 4.78 is 29.0. The molecule has 0 aliphatic heterocycles.